The van der Waals surface area contributed by atoms with Crippen molar-refractivity contribution in [2.45, 2.75) is 0 Å². The van der Waals surface area contributed by atoms with Gasteiger partial charge in [-0.25, -0.2) is 9.97 Å². The van der Waals surface area contributed by atoms with Gasteiger partial charge in [-0.3, -0.25) is 9.97 Å². The molecule has 0 aliphatic rings. The summed E-state index contributed by atoms with van der Waals surface area (Å²) in [6.07, 6.45) is 3.54. The summed E-state index contributed by atoms with van der Waals surface area (Å²) in [5, 5.41) is 33.3. The van der Waals surface area contributed by atoms with Crippen molar-refractivity contribution in [1.82, 2.24) is 19.9 Å². The maximum Gasteiger partial charge on any atom is 0.488 e. The highest BCUT2D eigenvalue weighted by atomic mass is 35.5. The van der Waals surface area contributed by atoms with Gasteiger partial charge in [-0.1, -0.05) is 206 Å². The molecule has 4 aromatic heterocycles. The fourth-order valence-corrected chi connectivity index (χ4v) is 12.7. The van der Waals surface area contributed by atoms with Crippen LogP contribution in [-0.4, -0.2) is 37.1 Å². The molecule has 0 saturated carbocycles. The van der Waals surface area contributed by atoms with Crippen molar-refractivity contribution in [3.05, 3.63) is 224 Å². The Morgan fingerprint density at radius 1 is 0.347 bits per heavy atom. The quantitative estimate of drug-likeness (QED) is 0.135. The summed E-state index contributed by atoms with van der Waals surface area (Å²) in [7, 11) is -1.42. The molecule has 10 heteroatoms. The molecule has 72 heavy (non-hydrogen) atoms. The van der Waals surface area contributed by atoms with Crippen molar-refractivity contribution in [3.8, 4) is 22.4 Å². The Bertz CT molecular complexity index is 4530. The van der Waals surface area contributed by atoms with Crippen LogP contribution in [0.4, 0.5) is 0 Å². The van der Waals surface area contributed by atoms with Gasteiger partial charge in [-0.15, -0.1) is 22.7 Å². The van der Waals surface area contributed by atoms with E-state index in [1.165, 1.54) is 67.5 Å². The second-order valence-electron chi connectivity index (χ2n) is 17.6. The fraction of sp³-hybridized carbons (Fsp3) is 0. The minimum atomic E-state index is -1.42. The Morgan fingerprint density at radius 2 is 0.736 bits per heavy atom. The average Bonchev–Trinajstić information content (AvgIpc) is 4.02. The van der Waals surface area contributed by atoms with Gasteiger partial charge < -0.3 is 10.0 Å². The molecular weight excluding hydrogens is 943 g/mol. The second-order valence-corrected chi connectivity index (χ2v) is 20.1. The van der Waals surface area contributed by atoms with E-state index < -0.39 is 7.12 Å². The van der Waals surface area contributed by atoms with Crippen LogP contribution in [0.15, 0.2) is 219 Å². The summed E-state index contributed by atoms with van der Waals surface area (Å²) >= 11 is 9.62. The molecule has 0 atom stereocenters. The normalized spacial score (nSPS) is 11.5. The molecule has 0 aliphatic heterocycles. The van der Waals surface area contributed by atoms with Gasteiger partial charge in [0.05, 0.1) is 40.2 Å². The fourth-order valence-electron chi connectivity index (χ4n) is 10.1. The number of halogens is 1. The topological polar surface area (TPSA) is 92.0 Å². The maximum absolute atomic E-state index is 9.21. The van der Waals surface area contributed by atoms with Crippen LogP contribution >= 0.6 is 34.3 Å². The average molecular weight is 981 g/mol. The van der Waals surface area contributed by atoms with Crippen molar-refractivity contribution in [3.63, 3.8) is 0 Å². The summed E-state index contributed by atoms with van der Waals surface area (Å²) < 4.78 is 5.12. The standard InChI is InChI=1S/C28H16N2S.C18H13BO2S.C16H9ClN2/c1-3-11-20-17(8-1)18-9-2-4-12-21(18)27-26(20)29-16-24(30-27)23-14-7-13-22-19-10-5-6-15-25(19)31-28(22)23;20-19(21)13-10-8-12(9-11-13)14-5-3-6-16-15-4-1-2-7-17(15)22-18(14)16;17-14-9-18-15-12-7-3-1-5-10(12)11-6-2-4-8-13(11)16(15)19-14/h1-16H;1-11,20-21H;1-9H. The number of thiophene rings is 2. The van der Waals surface area contributed by atoms with Gasteiger partial charge in [0.2, 0.25) is 0 Å². The van der Waals surface area contributed by atoms with E-state index in [0.717, 1.165) is 60.4 Å². The van der Waals surface area contributed by atoms with Crippen LogP contribution in [0.25, 0.3) is 128 Å². The first-order valence-corrected chi connectivity index (χ1v) is 25.5. The van der Waals surface area contributed by atoms with Gasteiger partial charge in [0, 0.05) is 67.5 Å². The maximum atomic E-state index is 9.21. The van der Waals surface area contributed by atoms with E-state index in [1.54, 1.807) is 29.7 Å². The molecule has 0 radical (unpaired) electrons. The van der Waals surface area contributed by atoms with Gasteiger partial charge >= 0.3 is 7.12 Å². The monoisotopic (exact) mass is 980 g/mol. The van der Waals surface area contributed by atoms with Crippen LogP contribution < -0.4 is 5.46 Å². The Morgan fingerprint density at radius 3 is 1.24 bits per heavy atom. The highest BCUT2D eigenvalue weighted by Gasteiger charge is 2.17. The number of fused-ring (bicyclic) bond motifs is 18. The van der Waals surface area contributed by atoms with Crippen LogP contribution in [0.3, 0.4) is 0 Å². The lowest BCUT2D eigenvalue weighted by atomic mass is 9.80. The van der Waals surface area contributed by atoms with E-state index >= 15 is 0 Å². The Balaban J connectivity index is 0.000000109. The summed E-state index contributed by atoms with van der Waals surface area (Å²) in [4.78, 5) is 19.0. The van der Waals surface area contributed by atoms with Crippen molar-refractivity contribution in [2.75, 3.05) is 0 Å². The zero-order valence-electron chi connectivity index (χ0n) is 38.2. The Hall–Kier alpha value is -8.15. The predicted octanol–water partition coefficient (Wildman–Crippen LogP) is 16.0. The molecule has 11 aromatic carbocycles. The number of rotatable bonds is 3. The van der Waals surface area contributed by atoms with Crippen molar-refractivity contribution in [1.29, 1.82) is 0 Å². The van der Waals surface area contributed by atoms with Crippen LogP contribution in [0.2, 0.25) is 5.15 Å². The zero-order valence-corrected chi connectivity index (χ0v) is 40.6. The zero-order chi connectivity index (χ0) is 48.3. The van der Waals surface area contributed by atoms with Crippen molar-refractivity contribution >= 4 is 152 Å². The molecule has 0 aliphatic carbocycles. The van der Waals surface area contributed by atoms with Crippen LogP contribution in [0.1, 0.15) is 0 Å². The minimum absolute atomic E-state index is 0.424. The largest absolute Gasteiger partial charge is 0.488 e. The molecular formula is C62H38BClN4O2S2. The van der Waals surface area contributed by atoms with Gasteiger partial charge in [-0.2, -0.15) is 0 Å². The lowest BCUT2D eigenvalue weighted by molar-refractivity contribution is 0.426. The number of benzene rings is 11. The highest BCUT2D eigenvalue weighted by molar-refractivity contribution is 7.26. The van der Waals surface area contributed by atoms with Crippen molar-refractivity contribution < 1.29 is 10.0 Å². The number of hydrogen-bond acceptors (Lipinski definition) is 8. The molecule has 2 N–H and O–H groups in total. The minimum Gasteiger partial charge on any atom is -0.423 e. The SMILES string of the molecule is Clc1cnc2c3ccccc3c3ccccc3c2n1.OB(O)c1ccc(-c2cccc3c2sc2ccccc23)cc1.c1ccc2c(c1)sc1c(-c3cnc4c5ccccc5c5ccccc5c4n3)cccc12. The smallest absolute Gasteiger partial charge is 0.423 e. The molecule has 0 spiro atoms. The number of aromatic nitrogens is 4. The molecule has 0 unspecified atom stereocenters. The van der Waals surface area contributed by atoms with Crippen LogP contribution in [-0.2, 0) is 0 Å². The molecule has 4 heterocycles. The first kappa shape index (κ1) is 43.8. The van der Waals surface area contributed by atoms with E-state index in [-0.39, 0.29) is 0 Å². The Kier molecular flexibility index (Phi) is 11.1. The van der Waals surface area contributed by atoms with E-state index in [2.05, 4.69) is 168 Å². The van der Waals surface area contributed by atoms with E-state index in [4.69, 9.17) is 21.6 Å². The van der Waals surface area contributed by atoms with Crippen LogP contribution in [0.5, 0.6) is 0 Å². The first-order valence-electron chi connectivity index (χ1n) is 23.5. The van der Waals surface area contributed by atoms with Gasteiger partial charge in [0.1, 0.15) is 5.15 Å². The highest BCUT2D eigenvalue weighted by Crippen LogP contribution is 2.42. The van der Waals surface area contributed by atoms with Gasteiger partial charge in [-0.05, 0) is 50.3 Å². The second kappa shape index (κ2) is 18.2. The molecule has 0 fully saturated rings. The molecule has 340 valence electrons. The summed E-state index contributed by atoms with van der Waals surface area (Å²) in [6.45, 7) is 0. The number of nitrogens with zero attached hydrogens (tertiary/aromatic N) is 4. The lowest BCUT2D eigenvalue weighted by Crippen LogP contribution is -2.29. The molecule has 0 amide bonds. The van der Waals surface area contributed by atoms with E-state index in [1.807, 2.05) is 53.9 Å². The third kappa shape index (κ3) is 7.58. The van der Waals surface area contributed by atoms with Crippen LogP contribution in [0, 0.1) is 0 Å². The third-order valence-electron chi connectivity index (χ3n) is 13.4. The molecule has 0 bridgehead atoms. The third-order valence-corrected chi connectivity index (χ3v) is 16.1. The number of hydrogen-bond donors (Lipinski definition) is 2. The Labute approximate surface area is 425 Å². The lowest BCUT2D eigenvalue weighted by Gasteiger charge is -2.10. The first-order chi connectivity index (χ1) is 35.5. The van der Waals surface area contributed by atoms with Crippen molar-refractivity contribution in [2.24, 2.45) is 0 Å². The van der Waals surface area contributed by atoms with Gasteiger partial charge in [0.25, 0.3) is 0 Å². The molecule has 15 aromatic rings. The van der Waals surface area contributed by atoms with E-state index in [0.29, 0.717) is 10.6 Å². The molecule has 15 rings (SSSR count). The molecule has 6 nitrogen and oxygen atoms in total. The summed E-state index contributed by atoms with van der Waals surface area (Å²) in [5.41, 5.74) is 8.52. The summed E-state index contributed by atoms with van der Waals surface area (Å²) in [6, 6.07) is 70.7. The molecule has 0 saturated heterocycles. The van der Waals surface area contributed by atoms with Gasteiger partial charge in [0.15, 0.2) is 0 Å². The predicted molar refractivity (Wildman–Crippen MR) is 307 cm³/mol. The van der Waals surface area contributed by atoms with E-state index in [9.17, 15) is 10.0 Å². The summed E-state index contributed by atoms with van der Waals surface area (Å²) in [5.74, 6) is 0.